The molecule has 2 aliphatic carbocycles. The minimum Gasteiger partial charge on any atom is -0.250 e. The molecule has 0 saturated carbocycles. The zero-order chi connectivity index (χ0) is 12.6. The quantitative estimate of drug-likeness (QED) is 0.432. The second-order valence-electron chi connectivity index (χ2n) is 3.99. The van der Waals surface area contributed by atoms with E-state index in [1.807, 2.05) is 0 Å². The summed E-state index contributed by atoms with van der Waals surface area (Å²) in [6.45, 7) is 8.37. The topological polar surface area (TPSA) is 0 Å². The number of alkyl halides is 1. The first kappa shape index (κ1) is 19.5. The van der Waals surface area contributed by atoms with E-state index in [0.29, 0.717) is 0 Å². The minimum absolute atomic E-state index is 0. The average molecular weight is 328 g/mol. The van der Waals surface area contributed by atoms with E-state index in [0.717, 1.165) is 12.8 Å². The summed E-state index contributed by atoms with van der Waals surface area (Å²) in [6, 6.07) is 0. The average Bonchev–Trinajstić information content (AvgIpc) is 2.80. The molecule has 0 bridgehead atoms. The van der Waals surface area contributed by atoms with Crippen molar-refractivity contribution in [3.05, 3.63) is 46.6 Å². The summed E-state index contributed by atoms with van der Waals surface area (Å²) in [5, 5.41) is 0. The second-order valence-corrected chi connectivity index (χ2v) is 3.99. The van der Waals surface area contributed by atoms with Gasteiger partial charge in [0.15, 0.2) is 0 Å². The molecular weight excluding hydrogens is 307 g/mol. The SMILES string of the molecule is CC1=[C-]C(C)=CC1.CC1=[C-]C(C)=CC1.CCl.[Zr+2]. The maximum absolute atomic E-state index is 4.64. The fraction of sp³-hybridized carbons (Fsp3) is 0.467. The van der Waals surface area contributed by atoms with Gasteiger partial charge in [-0.25, -0.2) is 23.3 Å². The van der Waals surface area contributed by atoms with E-state index < -0.39 is 0 Å². The number of allylic oxidation sites excluding steroid dienone is 8. The predicted molar refractivity (Wildman–Crippen MR) is 73.4 cm³/mol. The molecule has 0 saturated heterocycles. The van der Waals surface area contributed by atoms with E-state index in [4.69, 9.17) is 0 Å². The smallest absolute Gasteiger partial charge is 0.250 e. The van der Waals surface area contributed by atoms with Crippen molar-refractivity contribution in [2.24, 2.45) is 0 Å². The van der Waals surface area contributed by atoms with E-state index in [1.54, 1.807) is 0 Å². The van der Waals surface area contributed by atoms with Gasteiger partial charge in [0.2, 0.25) is 0 Å². The summed E-state index contributed by atoms with van der Waals surface area (Å²) in [5.41, 5.74) is 5.30. The Hall–Kier alpha value is 0.133. The molecule has 0 radical (unpaired) electrons. The van der Waals surface area contributed by atoms with E-state index in [2.05, 4.69) is 63.6 Å². The van der Waals surface area contributed by atoms with Crippen LogP contribution in [-0.2, 0) is 26.2 Å². The van der Waals surface area contributed by atoms with Crippen LogP contribution >= 0.6 is 11.6 Å². The third-order valence-corrected chi connectivity index (χ3v) is 2.25. The van der Waals surface area contributed by atoms with Crippen LogP contribution in [0.1, 0.15) is 40.5 Å². The maximum atomic E-state index is 4.64. The zero-order valence-electron chi connectivity index (χ0n) is 11.4. The third-order valence-electron chi connectivity index (χ3n) is 2.25. The molecular formula is C15H21ClZr. The Morgan fingerprint density at radius 3 is 1.18 bits per heavy atom. The maximum Gasteiger partial charge on any atom is 2.00 e. The second kappa shape index (κ2) is 11.2. The number of hydrogen-bond acceptors (Lipinski definition) is 0. The van der Waals surface area contributed by atoms with Gasteiger partial charge in [0.05, 0.1) is 0 Å². The Morgan fingerprint density at radius 2 is 1.12 bits per heavy atom. The van der Waals surface area contributed by atoms with Crippen molar-refractivity contribution in [2.75, 3.05) is 6.38 Å². The van der Waals surface area contributed by atoms with Crippen molar-refractivity contribution in [2.45, 2.75) is 40.5 Å². The van der Waals surface area contributed by atoms with Gasteiger partial charge in [-0.15, -0.1) is 11.6 Å². The van der Waals surface area contributed by atoms with Crippen LogP contribution in [0.4, 0.5) is 0 Å². The summed E-state index contributed by atoms with van der Waals surface area (Å²) in [6.07, 6.45) is 14.5. The van der Waals surface area contributed by atoms with Crippen molar-refractivity contribution in [1.29, 1.82) is 0 Å². The van der Waals surface area contributed by atoms with E-state index in [9.17, 15) is 0 Å². The monoisotopic (exact) mass is 326 g/mol. The molecule has 0 N–H and O–H groups in total. The molecule has 0 aliphatic heterocycles. The van der Waals surface area contributed by atoms with Crippen molar-refractivity contribution < 1.29 is 26.2 Å². The van der Waals surface area contributed by atoms with Gasteiger partial charge in [-0.1, -0.05) is 40.5 Å². The van der Waals surface area contributed by atoms with Crippen molar-refractivity contribution in [3.63, 3.8) is 0 Å². The fourth-order valence-electron chi connectivity index (χ4n) is 1.49. The Labute approximate surface area is 131 Å². The van der Waals surface area contributed by atoms with Gasteiger partial charge < -0.3 is 0 Å². The van der Waals surface area contributed by atoms with Crippen molar-refractivity contribution in [3.8, 4) is 0 Å². The Morgan fingerprint density at radius 1 is 0.824 bits per heavy atom. The van der Waals surface area contributed by atoms with Crippen molar-refractivity contribution >= 4 is 11.6 Å². The molecule has 17 heavy (non-hydrogen) atoms. The molecule has 0 aromatic rings. The van der Waals surface area contributed by atoms with Gasteiger partial charge in [-0.3, -0.25) is 12.2 Å². The van der Waals surface area contributed by atoms with E-state index in [1.165, 1.54) is 28.7 Å². The van der Waals surface area contributed by atoms with Gasteiger partial charge in [0, 0.05) is 6.38 Å². The van der Waals surface area contributed by atoms with Gasteiger partial charge >= 0.3 is 26.2 Å². The summed E-state index contributed by atoms with van der Waals surface area (Å²) in [5.74, 6) is 0. The number of halogens is 1. The number of rotatable bonds is 0. The Balaban J connectivity index is 0. The van der Waals surface area contributed by atoms with Crippen LogP contribution in [0.15, 0.2) is 34.4 Å². The van der Waals surface area contributed by atoms with Crippen LogP contribution in [0, 0.1) is 12.2 Å². The van der Waals surface area contributed by atoms with Crippen LogP contribution in [0.3, 0.4) is 0 Å². The first-order valence-electron chi connectivity index (χ1n) is 5.48. The van der Waals surface area contributed by atoms with Crippen LogP contribution in [0.5, 0.6) is 0 Å². The summed E-state index contributed by atoms with van der Waals surface area (Å²) < 4.78 is 0. The van der Waals surface area contributed by atoms with Gasteiger partial charge in [-0.2, -0.15) is 11.1 Å². The fourth-order valence-corrected chi connectivity index (χ4v) is 1.49. The summed E-state index contributed by atoms with van der Waals surface area (Å²) in [7, 11) is 0. The molecule has 0 aromatic carbocycles. The van der Waals surface area contributed by atoms with Crippen LogP contribution < -0.4 is 0 Å². The minimum atomic E-state index is 0. The van der Waals surface area contributed by atoms with Crippen molar-refractivity contribution in [1.82, 2.24) is 0 Å². The molecule has 0 amide bonds. The van der Waals surface area contributed by atoms with Crippen LogP contribution in [0.25, 0.3) is 0 Å². The molecule has 0 nitrogen and oxygen atoms in total. The largest absolute Gasteiger partial charge is 2.00 e. The molecule has 0 aromatic heterocycles. The molecule has 0 spiro atoms. The molecule has 92 valence electrons. The molecule has 0 unspecified atom stereocenters. The van der Waals surface area contributed by atoms with Crippen LogP contribution in [-0.4, -0.2) is 6.38 Å². The third kappa shape index (κ3) is 9.80. The van der Waals surface area contributed by atoms with Gasteiger partial charge in [0.1, 0.15) is 0 Å². The molecule has 0 atom stereocenters. The number of hydrogen-bond donors (Lipinski definition) is 0. The molecule has 2 rings (SSSR count). The summed E-state index contributed by atoms with van der Waals surface area (Å²) >= 11 is 4.64. The molecule has 2 aliphatic rings. The first-order valence-corrected chi connectivity index (χ1v) is 6.23. The van der Waals surface area contributed by atoms with Gasteiger partial charge in [0.25, 0.3) is 0 Å². The normalized spacial score (nSPS) is 16.1. The van der Waals surface area contributed by atoms with E-state index >= 15 is 0 Å². The standard InChI is InChI=1S/2C7H9.CH3Cl.Zr/c2*1-6-3-4-7(2)5-6;1-2;/h2*3H,4H2,1-2H3;1H3;/q2*-1;;+2. The van der Waals surface area contributed by atoms with Gasteiger partial charge in [-0.05, 0) is 0 Å². The molecule has 2 heteroatoms. The predicted octanol–water partition coefficient (Wildman–Crippen LogP) is 5.02. The summed E-state index contributed by atoms with van der Waals surface area (Å²) in [4.78, 5) is 0. The molecule has 0 fully saturated rings. The Bertz CT molecular complexity index is 299. The molecule has 0 heterocycles. The zero-order valence-corrected chi connectivity index (χ0v) is 14.7. The van der Waals surface area contributed by atoms with E-state index in [-0.39, 0.29) is 26.2 Å². The first-order chi connectivity index (χ1) is 7.58. The Kier molecular flexibility index (Phi) is 12.9. The van der Waals surface area contributed by atoms with Crippen LogP contribution in [0.2, 0.25) is 0 Å².